The summed E-state index contributed by atoms with van der Waals surface area (Å²) in [6, 6.07) is 10.0. The Labute approximate surface area is 220 Å². The molecule has 0 N–H and O–H groups in total. The Bertz CT molecular complexity index is 1210. The number of aromatic nitrogens is 2. The summed E-state index contributed by atoms with van der Waals surface area (Å²) < 4.78 is 2.09. The number of carbonyl (C=O) groups excluding carboxylic acids is 1. The van der Waals surface area contributed by atoms with E-state index in [0.717, 1.165) is 54.7 Å². The second-order valence-electron chi connectivity index (χ2n) is 12.9. The summed E-state index contributed by atoms with van der Waals surface area (Å²) in [6.45, 7) is 2.37. The highest BCUT2D eigenvalue weighted by Crippen LogP contribution is 2.47. The first-order valence-corrected chi connectivity index (χ1v) is 15.1. The van der Waals surface area contributed by atoms with Crippen LogP contribution in [0.1, 0.15) is 96.4 Å². The number of piperidine rings is 2. The fraction of sp³-hybridized carbons (Fsp3) is 0.710. The number of para-hydroxylation sites is 2. The molecule has 2 unspecified atom stereocenters. The Balaban J connectivity index is 1.22. The number of rotatable bonds is 4. The summed E-state index contributed by atoms with van der Waals surface area (Å²) in [5, 5.41) is 0. The van der Waals surface area contributed by atoms with Crippen LogP contribution in [0.2, 0.25) is 0 Å². The first-order valence-electron chi connectivity index (χ1n) is 15.1. The summed E-state index contributed by atoms with van der Waals surface area (Å²) >= 11 is 0. The number of fused-ring (bicyclic) bond motifs is 5. The first kappa shape index (κ1) is 23.9. The number of ketones is 1. The van der Waals surface area contributed by atoms with Gasteiger partial charge in [-0.15, -0.1) is 0 Å². The molecule has 2 aliphatic carbocycles. The zero-order valence-electron chi connectivity index (χ0n) is 22.4. The molecule has 37 heavy (non-hydrogen) atoms. The zero-order chi connectivity index (χ0) is 25.1. The van der Waals surface area contributed by atoms with Crippen LogP contribution in [0, 0.1) is 11.8 Å². The molecule has 7 rings (SSSR count). The van der Waals surface area contributed by atoms with Gasteiger partial charge in [-0.3, -0.25) is 14.5 Å². The van der Waals surface area contributed by atoms with Gasteiger partial charge in [-0.1, -0.05) is 44.2 Å². The molecule has 4 bridgehead atoms. The molecule has 7 atom stereocenters. The lowest BCUT2D eigenvalue weighted by Gasteiger charge is -2.54. The van der Waals surface area contributed by atoms with E-state index in [1.54, 1.807) is 6.92 Å². The SMILES string of the molecule is CC(=O)[C@H]1CCN1c1nc2ccccc2n(C2C[C@H]3CCC[C@@H](C2)N3C2C[C@H]3CCCC[C@@H](C2)C3)c1=O. The molecule has 0 radical (unpaired) electrons. The monoisotopic (exact) mass is 502 g/mol. The van der Waals surface area contributed by atoms with E-state index in [2.05, 4.69) is 15.5 Å². The van der Waals surface area contributed by atoms with E-state index in [0.29, 0.717) is 17.9 Å². The normalized spacial score (nSPS) is 36.1. The van der Waals surface area contributed by atoms with Gasteiger partial charge in [-0.2, -0.15) is 0 Å². The summed E-state index contributed by atoms with van der Waals surface area (Å²) in [6.07, 6.45) is 16.8. The lowest BCUT2D eigenvalue weighted by molar-refractivity contribution is -0.119. The van der Waals surface area contributed by atoms with E-state index >= 15 is 0 Å². The molecule has 6 nitrogen and oxygen atoms in total. The molecule has 5 aliphatic rings. The molecule has 0 amide bonds. The standard InChI is InChI=1S/C31H42N4O2/c1-20(36)28-13-14-33(28)30-31(37)35(29-12-5-4-11-27(29)32-30)26-18-23-9-6-10-24(19-26)34(23)25-16-21-7-2-3-8-22(15-21)17-25/h4-5,11-12,21-26,28H,2-3,6-10,13-19H2,1H3/t21-,22+,23-,24+,25?,26?,28-/m1/s1. The summed E-state index contributed by atoms with van der Waals surface area (Å²) in [7, 11) is 0. The number of benzene rings is 1. The van der Waals surface area contributed by atoms with Crippen molar-refractivity contribution in [2.24, 2.45) is 11.8 Å². The fourth-order valence-electron chi connectivity index (χ4n) is 9.06. The van der Waals surface area contributed by atoms with Crippen molar-refractivity contribution in [2.45, 2.75) is 121 Å². The maximum Gasteiger partial charge on any atom is 0.294 e. The van der Waals surface area contributed by atoms with Crippen LogP contribution in [0.15, 0.2) is 29.1 Å². The van der Waals surface area contributed by atoms with E-state index < -0.39 is 0 Å². The lowest BCUT2D eigenvalue weighted by Crippen LogP contribution is -2.59. The number of hydrogen-bond donors (Lipinski definition) is 0. The summed E-state index contributed by atoms with van der Waals surface area (Å²) in [4.78, 5) is 36.0. The summed E-state index contributed by atoms with van der Waals surface area (Å²) in [5.41, 5.74) is 1.83. The Morgan fingerprint density at radius 3 is 2.16 bits per heavy atom. The van der Waals surface area contributed by atoms with Crippen molar-refractivity contribution in [3.63, 3.8) is 0 Å². The number of carbonyl (C=O) groups is 1. The molecular weight excluding hydrogens is 460 g/mol. The number of hydrogen-bond acceptors (Lipinski definition) is 5. The third-order valence-electron chi connectivity index (χ3n) is 10.7. The van der Waals surface area contributed by atoms with E-state index in [9.17, 15) is 9.59 Å². The van der Waals surface area contributed by atoms with Gasteiger partial charge in [-0.05, 0) is 82.3 Å². The van der Waals surface area contributed by atoms with Gasteiger partial charge >= 0.3 is 0 Å². The third-order valence-corrected chi connectivity index (χ3v) is 10.7. The summed E-state index contributed by atoms with van der Waals surface area (Å²) in [5.74, 6) is 2.48. The van der Waals surface area contributed by atoms with Crippen molar-refractivity contribution in [1.82, 2.24) is 14.5 Å². The molecule has 2 aromatic rings. The van der Waals surface area contributed by atoms with Crippen molar-refractivity contribution in [2.75, 3.05) is 11.4 Å². The molecule has 3 saturated heterocycles. The van der Waals surface area contributed by atoms with Crippen molar-refractivity contribution in [3.05, 3.63) is 34.6 Å². The van der Waals surface area contributed by atoms with Crippen LogP contribution in [0.5, 0.6) is 0 Å². The van der Waals surface area contributed by atoms with Crippen LogP contribution in [0.25, 0.3) is 11.0 Å². The lowest BCUT2D eigenvalue weighted by atomic mass is 9.73. The van der Waals surface area contributed by atoms with Gasteiger partial charge in [0.25, 0.3) is 5.56 Å². The van der Waals surface area contributed by atoms with E-state index in [4.69, 9.17) is 4.98 Å². The van der Waals surface area contributed by atoms with Crippen molar-refractivity contribution in [1.29, 1.82) is 0 Å². The van der Waals surface area contributed by atoms with Crippen molar-refractivity contribution >= 4 is 22.6 Å². The molecule has 198 valence electrons. The second kappa shape index (κ2) is 9.52. The maximum atomic E-state index is 14.1. The molecule has 0 spiro atoms. The molecule has 1 aromatic carbocycles. The van der Waals surface area contributed by atoms with Gasteiger partial charge in [0.15, 0.2) is 11.6 Å². The maximum absolute atomic E-state index is 14.1. The molecule has 4 heterocycles. The van der Waals surface area contributed by atoms with Gasteiger partial charge in [0.1, 0.15) is 0 Å². The highest BCUT2D eigenvalue weighted by atomic mass is 16.1. The van der Waals surface area contributed by atoms with Crippen LogP contribution >= 0.6 is 0 Å². The third kappa shape index (κ3) is 4.14. The average molecular weight is 503 g/mol. The smallest absolute Gasteiger partial charge is 0.294 e. The van der Waals surface area contributed by atoms with Crippen LogP contribution in [-0.2, 0) is 4.79 Å². The quantitative estimate of drug-likeness (QED) is 0.554. The van der Waals surface area contributed by atoms with E-state index in [1.807, 2.05) is 23.1 Å². The minimum atomic E-state index is -0.203. The van der Waals surface area contributed by atoms with E-state index in [1.165, 1.54) is 64.2 Å². The highest BCUT2D eigenvalue weighted by molar-refractivity contribution is 5.87. The van der Waals surface area contributed by atoms with Crippen molar-refractivity contribution in [3.8, 4) is 0 Å². The largest absolute Gasteiger partial charge is 0.342 e. The fourth-order valence-corrected chi connectivity index (χ4v) is 9.06. The predicted molar refractivity (Wildman–Crippen MR) is 147 cm³/mol. The minimum absolute atomic E-state index is 0.00450. The van der Waals surface area contributed by atoms with E-state index in [-0.39, 0.29) is 23.4 Å². The topological polar surface area (TPSA) is 58.4 Å². The minimum Gasteiger partial charge on any atom is -0.342 e. The van der Waals surface area contributed by atoms with Crippen molar-refractivity contribution < 1.29 is 4.79 Å². The van der Waals surface area contributed by atoms with Gasteiger partial charge in [-0.25, -0.2) is 4.98 Å². The average Bonchev–Trinajstić information content (AvgIpc) is 3.02. The van der Waals surface area contributed by atoms with Gasteiger partial charge in [0.05, 0.1) is 17.1 Å². The molecule has 5 fully saturated rings. The Hall–Kier alpha value is -2.21. The van der Waals surface area contributed by atoms with Gasteiger partial charge in [0.2, 0.25) is 0 Å². The number of nitrogens with zero attached hydrogens (tertiary/aromatic N) is 4. The molecule has 3 aliphatic heterocycles. The molecule has 6 heteroatoms. The zero-order valence-corrected chi connectivity index (χ0v) is 22.4. The Morgan fingerprint density at radius 2 is 1.51 bits per heavy atom. The van der Waals surface area contributed by atoms with Crippen LogP contribution in [0.3, 0.4) is 0 Å². The van der Waals surface area contributed by atoms with Crippen LogP contribution in [-0.4, -0.2) is 50.9 Å². The first-order chi connectivity index (χ1) is 18.1. The van der Waals surface area contributed by atoms with Gasteiger partial charge in [0, 0.05) is 30.7 Å². The highest BCUT2D eigenvalue weighted by Gasteiger charge is 2.45. The number of anilines is 1. The molecule has 2 saturated carbocycles. The van der Waals surface area contributed by atoms with Crippen LogP contribution < -0.4 is 10.5 Å². The second-order valence-corrected chi connectivity index (χ2v) is 12.9. The Morgan fingerprint density at radius 1 is 0.811 bits per heavy atom. The predicted octanol–water partition coefficient (Wildman–Crippen LogP) is 5.48. The molecular formula is C31H42N4O2. The number of Topliss-reactive ketones (excluding diaryl/α,β-unsaturated/α-hetero) is 1. The molecule has 1 aromatic heterocycles. The van der Waals surface area contributed by atoms with Crippen LogP contribution in [0.4, 0.5) is 5.82 Å². The van der Waals surface area contributed by atoms with Gasteiger partial charge < -0.3 is 9.47 Å². The Kier molecular flexibility index (Phi) is 6.14.